The van der Waals surface area contributed by atoms with Crippen molar-refractivity contribution in [2.45, 2.75) is 0 Å². The molecule has 1 saturated heterocycles. The van der Waals surface area contributed by atoms with Crippen molar-refractivity contribution in [1.29, 1.82) is 0 Å². The summed E-state index contributed by atoms with van der Waals surface area (Å²) in [6, 6.07) is 5.40. The molecule has 0 bridgehead atoms. The van der Waals surface area contributed by atoms with E-state index in [1.807, 2.05) is 12.1 Å². The predicted octanol–water partition coefficient (Wildman–Crippen LogP) is 1.41. The summed E-state index contributed by atoms with van der Waals surface area (Å²) < 4.78 is 0. The lowest BCUT2D eigenvalue weighted by atomic mass is 10.2. The summed E-state index contributed by atoms with van der Waals surface area (Å²) in [6.45, 7) is 3.78. The van der Waals surface area contributed by atoms with E-state index in [0.717, 1.165) is 42.9 Å². The first-order valence-corrected chi connectivity index (χ1v) is 8.07. The maximum atomic E-state index is 12.0. The molecule has 1 aliphatic rings. The standard InChI is InChI=1S/C16H18N8O/c25-16(21-12-9-19-20-10-12)23-14-7-13-11(8-18-14)1-2-15(22-13)24-5-3-17-4-6-24/h1-2,7-10,17H,3-6H2,(H,19,20)(H2,18,21,23,25). The highest BCUT2D eigenvalue weighted by atomic mass is 16.2. The molecule has 128 valence electrons. The van der Waals surface area contributed by atoms with E-state index in [0.29, 0.717) is 11.5 Å². The molecule has 0 aromatic carbocycles. The van der Waals surface area contributed by atoms with E-state index in [9.17, 15) is 4.79 Å². The first-order chi connectivity index (χ1) is 12.3. The molecule has 0 aliphatic carbocycles. The summed E-state index contributed by atoms with van der Waals surface area (Å²) in [5, 5.41) is 16.0. The van der Waals surface area contributed by atoms with Crippen LogP contribution in [0.25, 0.3) is 10.9 Å². The van der Waals surface area contributed by atoms with E-state index in [2.05, 4.69) is 36.0 Å². The zero-order valence-electron chi connectivity index (χ0n) is 13.5. The molecule has 0 unspecified atom stereocenters. The monoisotopic (exact) mass is 338 g/mol. The summed E-state index contributed by atoms with van der Waals surface area (Å²) in [5.74, 6) is 1.38. The molecule has 2 amide bonds. The molecule has 4 N–H and O–H groups in total. The Morgan fingerprint density at radius 3 is 2.84 bits per heavy atom. The summed E-state index contributed by atoms with van der Waals surface area (Å²) in [4.78, 5) is 23.2. The highest BCUT2D eigenvalue weighted by molar-refractivity contribution is 5.99. The van der Waals surface area contributed by atoms with Crippen LogP contribution < -0.4 is 20.9 Å². The summed E-state index contributed by atoms with van der Waals surface area (Å²) in [7, 11) is 0. The van der Waals surface area contributed by atoms with Crippen molar-refractivity contribution in [3.63, 3.8) is 0 Å². The second kappa shape index (κ2) is 6.73. The Labute approximate surface area is 143 Å². The molecular weight excluding hydrogens is 320 g/mol. The van der Waals surface area contributed by atoms with Crippen molar-refractivity contribution in [2.24, 2.45) is 0 Å². The quantitative estimate of drug-likeness (QED) is 0.575. The highest BCUT2D eigenvalue weighted by Crippen LogP contribution is 2.20. The average Bonchev–Trinajstić information content (AvgIpc) is 3.14. The number of nitrogens with one attached hydrogen (secondary N) is 4. The largest absolute Gasteiger partial charge is 0.354 e. The number of urea groups is 1. The van der Waals surface area contributed by atoms with Gasteiger partial charge in [-0.05, 0) is 12.1 Å². The maximum Gasteiger partial charge on any atom is 0.324 e. The van der Waals surface area contributed by atoms with E-state index < -0.39 is 0 Å². The van der Waals surface area contributed by atoms with Gasteiger partial charge in [0.2, 0.25) is 0 Å². The fraction of sp³-hybridized carbons (Fsp3) is 0.250. The molecule has 4 heterocycles. The molecule has 1 fully saturated rings. The molecule has 1 aliphatic heterocycles. The number of H-pyrrole nitrogens is 1. The van der Waals surface area contributed by atoms with Crippen molar-refractivity contribution in [1.82, 2.24) is 25.5 Å². The molecule has 9 nitrogen and oxygen atoms in total. The number of carbonyl (C=O) groups excluding carboxylic acids is 1. The predicted molar refractivity (Wildman–Crippen MR) is 95.8 cm³/mol. The van der Waals surface area contributed by atoms with Gasteiger partial charge >= 0.3 is 6.03 Å². The Bertz CT molecular complexity index is 873. The first-order valence-electron chi connectivity index (χ1n) is 8.07. The van der Waals surface area contributed by atoms with Crippen LogP contribution in [0.4, 0.5) is 22.1 Å². The lowest BCUT2D eigenvalue weighted by Gasteiger charge is -2.28. The lowest BCUT2D eigenvalue weighted by Crippen LogP contribution is -2.43. The van der Waals surface area contributed by atoms with Gasteiger partial charge in [-0.1, -0.05) is 0 Å². The number of amides is 2. The van der Waals surface area contributed by atoms with E-state index >= 15 is 0 Å². The minimum atomic E-state index is -0.383. The van der Waals surface area contributed by atoms with Gasteiger partial charge in [-0.3, -0.25) is 10.4 Å². The van der Waals surface area contributed by atoms with Crippen LogP contribution >= 0.6 is 0 Å². The number of piperazine rings is 1. The van der Waals surface area contributed by atoms with Gasteiger partial charge < -0.3 is 15.5 Å². The van der Waals surface area contributed by atoms with E-state index in [4.69, 9.17) is 4.98 Å². The molecule has 0 saturated carbocycles. The van der Waals surface area contributed by atoms with E-state index in [-0.39, 0.29) is 6.03 Å². The van der Waals surface area contributed by atoms with Gasteiger partial charge in [0.25, 0.3) is 0 Å². The number of pyridine rings is 2. The van der Waals surface area contributed by atoms with Gasteiger partial charge in [0.1, 0.15) is 11.6 Å². The van der Waals surface area contributed by atoms with Crippen LogP contribution in [-0.2, 0) is 0 Å². The Hall–Kier alpha value is -3.20. The third kappa shape index (κ3) is 3.50. The second-order valence-electron chi connectivity index (χ2n) is 5.73. The summed E-state index contributed by atoms with van der Waals surface area (Å²) in [5.41, 5.74) is 1.38. The number of hydrogen-bond acceptors (Lipinski definition) is 6. The van der Waals surface area contributed by atoms with Crippen molar-refractivity contribution < 1.29 is 4.79 Å². The van der Waals surface area contributed by atoms with Crippen molar-refractivity contribution in [3.05, 3.63) is 36.8 Å². The maximum absolute atomic E-state index is 12.0. The molecule has 0 spiro atoms. The van der Waals surface area contributed by atoms with Crippen LogP contribution in [0.2, 0.25) is 0 Å². The van der Waals surface area contributed by atoms with Crippen LogP contribution in [-0.4, -0.2) is 52.4 Å². The molecule has 0 radical (unpaired) electrons. The molecular formula is C16H18N8O. The second-order valence-corrected chi connectivity index (χ2v) is 5.73. The van der Waals surface area contributed by atoms with Gasteiger partial charge in [-0.15, -0.1) is 0 Å². The van der Waals surface area contributed by atoms with Crippen molar-refractivity contribution >= 4 is 34.3 Å². The van der Waals surface area contributed by atoms with Gasteiger partial charge in [0.15, 0.2) is 0 Å². The zero-order valence-corrected chi connectivity index (χ0v) is 13.5. The number of rotatable bonds is 3. The molecule has 3 aromatic heterocycles. The average molecular weight is 338 g/mol. The molecule has 4 rings (SSSR count). The topological polar surface area (TPSA) is 111 Å². The van der Waals surface area contributed by atoms with E-state index in [1.165, 1.54) is 6.20 Å². The van der Waals surface area contributed by atoms with Crippen LogP contribution in [0.5, 0.6) is 0 Å². The number of carbonyl (C=O) groups is 1. The van der Waals surface area contributed by atoms with Crippen LogP contribution in [0.3, 0.4) is 0 Å². The van der Waals surface area contributed by atoms with Gasteiger partial charge in [-0.2, -0.15) is 5.10 Å². The Morgan fingerprint density at radius 1 is 1.16 bits per heavy atom. The number of fused-ring (bicyclic) bond motifs is 1. The SMILES string of the molecule is O=C(Nc1cn[nH]c1)Nc1cc2nc(N3CCNCC3)ccc2cn1. The minimum Gasteiger partial charge on any atom is -0.354 e. The highest BCUT2D eigenvalue weighted by Gasteiger charge is 2.12. The lowest BCUT2D eigenvalue weighted by molar-refractivity contribution is 0.262. The first kappa shape index (κ1) is 15.3. The van der Waals surface area contributed by atoms with Crippen LogP contribution in [0, 0.1) is 0 Å². The van der Waals surface area contributed by atoms with Gasteiger partial charge in [-0.25, -0.2) is 14.8 Å². The van der Waals surface area contributed by atoms with Crippen LogP contribution in [0.1, 0.15) is 0 Å². The minimum absolute atomic E-state index is 0.383. The smallest absolute Gasteiger partial charge is 0.324 e. The molecule has 3 aromatic rings. The number of anilines is 3. The van der Waals surface area contributed by atoms with Gasteiger partial charge in [0, 0.05) is 50.0 Å². The normalized spacial score (nSPS) is 14.5. The Kier molecular flexibility index (Phi) is 4.13. The van der Waals surface area contributed by atoms with Crippen molar-refractivity contribution in [2.75, 3.05) is 41.7 Å². The molecule has 25 heavy (non-hydrogen) atoms. The number of hydrogen-bond donors (Lipinski definition) is 4. The van der Waals surface area contributed by atoms with Gasteiger partial charge in [0.05, 0.1) is 17.4 Å². The Balaban J connectivity index is 1.52. The van der Waals surface area contributed by atoms with Crippen LogP contribution in [0.15, 0.2) is 36.8 Å². The molecule has 9 heteroatoms. The summed E-state index contributed by atoms with van der Waals surface area (Å²) in [6.07, 6.45) is 4.82. The third-order valence-electron chi connectivity index (χ3n) is 4.00. The Morgan fingerprint density at radius 2 is 2.04 bits per heavy atom. The third-order valence-corrected chi connectivity index (χ3v) is 4.00. The van der Waals surface area contributed by atoms with Crippen molar-refractivity contribution in [3.8, 4) is 0 Å². The number of aromatic amines is 1. The van der Waals surface area contributed by atoms with E-state index in [1.54, 1.807) is 18.5 Å². The number of aromatic nitrogens is 4. The summed E-state index contributed by atoms with van der Waals surface area (Å²) >= 11 is 0. The zero-order chi connectivity index (χ0) is 17.1. The number of nitrogens with zero attached hydrogens (tertiary/aromatic N) is 4. The molecule has 0 atom stereocenters. The fourth-order valence-corrected chi connectivity index (χ4v) is 2.74. The fourth-order valence-electron chi connectivity index (χ4n) is 2.74.